The number of allylic oxidation sites excluding steroid dienone is 4. The molecule has 0 aromatic heterocycles. The van der Waals surface area contributed by atoms with Gasteiger partial charge in [0.15, 0.2) is 0 Å². The summed E-state index contributed by atoms with van der Waals surface area (Å²) in [5, 5.41) is 0. The Morgan fingerprint density at radius 3 is 2.29 bits per heavy atom. The third-order valence-electron chi connectivity index (χ3n) is 3.45. The van der Waals surface area contributed by atoms with E-state index < -0.39 is 0 Å². The lowest BCUT2D eigenvalue weighted by Gasteiger charge is -2.09. The lowest BCUT2D eigenvalue weighted by molar-refractivity contribution is 0.707. The highest BCUT2D eigenvalue weighted by Crippen LogP contribution is 2.39. The molecule has 3 aliphatic carbocycles. The van der Waals surface area contributed by atoms with E-state index in [0.29, 0.717) is 6.04 Å². The van der Waals surface area contributed by atoms with E-state index in [1.54, 1.807) is 16.7 Å². The highest BCUT2D eigenvalue weighted by molar-refractivity contribution is 5.44. The second kappa shape index (κ2) is 3.09. The fraction of sp³-hybridized carbons (Fsp3) is 0.538. The van der Waals surface area contributed by atoms with E-state index in [9.17, 15) is 0 Å². The van der Waals surface area contributed by atoms with Gasteiger partial charge in [-0.25, -0.2) is 0 Å². The summed E-state index contributed by atoms with van der Waals surface area (Å²) in [5.41, 5.74) is 12.5. The molecule has 0 aromatic rings. The molecule has 74 valence electrons. The standard InChI is InChI=1S/C13H17N/c14-13-8-6-10(9-1-2-9)5-7-12(13)11-3-4-11/h5,7,13H,1-4,6,8,14H2. The first-order valence-electron chi connectivity index (χ1n) is 5.71. The second-order valence-electron chi connectivity index (χ2n) is 4.67. The van der Waals surface area contributed by atoms with Crippen LogP contribution in [0.25, 0.3) is 0 Å². The molecule has 1 unspecified atom stereocenters. The molecule has 0 saturated heterocycles. The van der Waals surface area contributed by atoms with Crippen LogP contribution in [0.4, 0.5) is 0 Å². The molecule has 2 N–H and O–H groups in total. The molecule has 0 aromatic carbocycles. The van der Waals surface area contributed by atoms with Gasteiger partial charge >= 0.3 is 0 Å². The maximum Gasteiger partial charge on any atom is 0.0297 e. The summed E-state index contributed by atoms with van der Waals surface area (Å²) >= 11 is 0. The van der Waals surface area contributed by atoms with Crippen LogP contribution in [-0.2, 0) is 0 Å². The van der Waals surface area contributed by atoms with E-state index in [-0.39, 0.29) is 0 Å². The van der Waals surface area contributed by atoms with E-state index in [1.165, 1.54) is 37.7 Å². The Bertz CT molecular complexity index is 345. The fourth-order valence-electron chi connectivity index (χ4n) is 2.27. The smallest absolute Gasteiger partial charge is 0.0297 e. The Balaban J connectivity index is 1.91. The molecule has 1 atom stereocenters. The van der Waals surface area contributed by atoms with E-state index in [2.05, 4.69) is 12.2 Å². The zero-order chi connectivity index (χ0) is 9.54. The second-order valence-corrected chi connectivity index (χ2v) is 4.67. The summed E-state index contributed by atoms with van der Waals surface area (Å²) in [6, 6.07) is 0.306. The molecule has 1 nitrogen and oxygen atoms in total. The topological polar surface area (TPSA) is 26.0 Å². The Hall–Kier alpha value is -0.820. The highest BCUT2D eigenvalue weighted by Gasteiger charge is 2.24. The summed E-state index contributed by atoms with van der Waals surface area (Å²) in [7, 11) is 0. The molecule has 3 aliphatic rings. The molecule has 0 radical (unpaired) electrons. The van der Waals surface area contributed by atoms with E-state index in [1.807, 2.05) is 0 Å². The highest BCUT2D eigenvalue weighted by atomic mass is 14.6. The molecular formula is C13H17N. The van der Waals surface area contributed by atoms with Crippen LogP contribution >= 0.6 is 0 Å². The average molecular weight is 187 g/mol. The van der Waals surface area contributed by atoms with E-state index in [4.69, 9.17) is 5.73 Å². The molecule has 14 heavy (non-hydrogen) atoms. The summed E-state index contributed by atoms with van der Waals surface area (Å²) in [6.07, 6.45) is 12.2. The van der Waals surface area contributed by atoms with Gasteiger partial charge in [-0.2, -0.15) is 0 Å². The van der Waals surface area contributed by atoms with Crippen LogP contribution in [0.15, 0.2) is 34.4 Å². The van der Waals surface area contributed by atoms with Crippen molar-refractivity contribution in [2.45, 2.75) is 44.6 Å². The predicted octanol–water partition coefficient (Wildman–Crippen LogP) is 2.84. The normalized spacial score (nSPS) is 30.8. The zero-order valence-corrected chi connectivity index (χ0v) is 8.55. The van der Waals surface area contributed by atoms with Gasteiger partial charge < -0.3 is 5.73 Å². The van der Waals surface area contributed by atoms with Gasteiger partial charge in [-0.1, -0.05) is 23.3 Å². The van der Waals surface area contributed by atoms with Crippen molar-refractivity contribution in [1.82, 2.24) is 0 Å². The number of rotatable bonds is 0. The minimum atomic E-state index is 0.306. The van der Waals surface area contributed by atoms with Crippen LogP contribution < -0.4 is 5.73 Å². The lowest BCUT2D eigenvalue weighted by Crippen LogP contribution is -2.20. The molecule has 2 fully saturated rings. The van der Waals surface area contributed by atoms with Crippen LogP contribution in [-0.4, -0.2) is 6.04 Å². The quantitative estimate of drug-likeness (QED) is 0.620. The summed E-state index contributed by atoms with van der Waals surface area (Å²) in [5.74, 6) is 0. The van der Waals surface area contributed by atoms with E-state index in [0.717, 1.165) is 6.42 Å². The molecule has 3 rings (SSSR count). The summed E-state index contributed by atoms with van der Waals surface area (Å²) < 4.78 is 0. The van der Waals surface area contributed by atoms with Gasteiger partial charge in [0.25, 0.3) is 0 Å². The van der Waals surface area contributed by atoms with Gasteiger partial charge in [0.05, 0.1) is 0 Å². The summed E-state index contributed by atoms with van der Waals surface area (Å²) in [4.78, 5) is 0. The lowest BCUT2D eigenvalue weighted by atomic mass is 10.0. The SMILES string of the molecule is NC1CCC(=C2CC2)C=CC1=C1CC1. The van der Waals surface area contributed by atoms with Crippen molar-refractivity contribution in [2.24, 2.45) is 5.73 Å². The molecule has 0 bridgehead atoms. The largest absolute Gasteiger partial charge is 0.324 e. The molecular weight excluding hydrogens is 170 g/mol. The van der Waals surface area contributed by atoms with Gasteiger partial charge in [0.2, 0.25) is 0 Å². The molecule has 1 heteroatoms. The van der Waals surface area contributed by atoms with Crippen molar-refractivity contribution in [3.63, 3.8) is 0 Å². The number of hydrogen-bond acceptors (Lipinski definition) is 1. The predicted molar refractivity (Wildman–Crippen MR) is 58.9 cm³/mol. The van der Waals surface area contributed by atoms with Crippen molar-refractivity contribution in [3.05, 3.63) is 34.4 Å². The summed E-state index contributed by atoms with van der Waals surface area (Å²) in [6.45, 7) is 0. The molecule has 0 amide bonds. The molecule has 0 heterocycles. The van der Waals surface area contributed by atoms with E-state index >= 15 is 0 Å². The average Bonchev–Trinajstić information content (AvgIpc) is 3.03. The van der Waals surface area contributed by atoms with Gasteiger partial charge in [-0.15, -0.1) is 0 Å². The monoisotopic (exact) mass is 187 g/mol. The van der Waals surface area contributed by atoms with Gasteiger partial charge in [-0.05, 0) is 49.7 Å². The van der Waals surface area contributed by atoms with Crippen LogP contribution in [0.2, 0.25) is 0 Å². The van der Waals surface area contributed by atoms with Crippen molar-refractivity contribution in [3.8, 4) is 0 Å². The van der Waals surface area contributed by atoms with Crippen molar-refractivity contribution in [2.75, 3.05) is 0 Å². The van der Waals surface area contributed by atoms with Gasteiger partial charge in [0, 0.05) is 6.04 Å². The minimum absolute atomic E-state index is 0.306. The number of hydrogen-bond donors (Lipinski definition) is 1. The zero-order valence-electron chi connectivity index (χ0n) is 8.55. The van der Waals surface area contributed by atoms with Crippen LogP contribution in [0.1, 0.15) is 38.5 Å². The van der Waals surface area contributed by atoms with Gasteiger partial charge in [-0.3, -0.25) is 0 Å². The van der Waals surface area contributed by atoms with Crippen molar-refractivity contribution < 1.29 is 0 Å². The Kier molecular flexibility index (Phi) is 1.88. The Morgan fingerprint density at radius 2 is 1.64 bits per heavy atom. The maximum absolute atomic E-state index is 6.17. The van der Waals surface area contributed by atoms with Crippen molar-refractivity contribution >= 4 is 0 Å². The molecule has 2 saturated carbocycles. The van der Waals surface area contributed by atoms with Gasteiger partial charge in [0.1, 0.15) is 0 Å². The third-order valence-corrected chi connectivity index (χ3v) is 3.45. The Morgan fingerprint density at radius 1 is 0.929 bits per heavy atom. The van der Waals surface area contributed by atoms with Crippen molar-refractivity contribution in [1.29, 1.82) is 0 Å². The third kappa shape index (κ3) is 1.57. The molecule has 0 spiro atoms. The van der Waals surface area contributed by atoms with Crippen LogP contribution in [0.5, 0.6) is 0 Å². The first-order chi connectivity index (χ1) is 6.84. The first-order valence-corrected chi connectivity index (χ1v) is 5.71. The van der Waals surface area contributed by atoms with Crippen LogP contribution in [0, 0.1) is 0 Å². The first kappa shape index (κ1) is 8.49. The maximum atomic E-state index is 6.17. The fourth-order valence-corrected chi connectivity index (χ4v) is 2.27. The Labute approximate surface area is 85.4 Å². The number of nitrogens with two attached hydrogens (primary N) is 1. The molecule has 0 aliphatic heterocycles. The van der Waals surface area contributed by atoms with Crippen LogP contribution in [0.3, 0.4) is 0 Å². The minimum Gasteiger partial charge on any atom is -0.324 e.